The molecule has 22 heavy (non-hydrogen) atoms. The number of hydrogen-bond donors (Lipinski definition) is 1. The van der Waals surface area contributed by atoms with E-state index in [2.05, 4.69) is 4.74 Å². The zero-order chi connectivity index (χ0) is 16.3. The topological polar surface area (TPSA) is 93.1 Å². The normalized spacial score (nSPS) is 18.9. The van der Waals surface area contributed by atoms with E-state index in [9.17, 15) is 19.5 Å². The highest BCUT2D eigenvalue weighted by molar-refractivity contribution is 5.90. The molecule has 118 valence electrons. The number of rotatable bonds is 5. The first-order valence-corrected chi connectivity index (χ1v) is 6.72. The van der Waals surface area contributed by atoms with E-state index in [1.165, 1.54) is 19.1 Å². The number of carbonyl (C=O) groups excluding carboxylic acids is 2. The molecule has 0 aromatic heterocycles. The molecular formula is C15H17NO6. The summed E-state index contributed by atoms with van der Waals surface area (Å²) < 4.78 is 9.71. The molecule has 1 N–H and O–H groups in total. The average molecular weight is 307 g/mol. The number of carbonyl (C=O) groups is 3. The summed E-state index contributed by atoms with van der Waals surface area (Å²) in [6.45, 7) is 0.0275. The third-order valence-corrected chi connectivity index (χ3v) is 3.65. The summed E-state index contributed by atoms with van der Waals surface area (Å²) in [6.07, 6.45) is -0.0412. The van der Waals surface area contributed by atoms with Gasteiger partial charge in [-0.25, -0.2) is 4.79 Å². The number of ether oxygens (including phenoxy) is 2. The number of amides is 1. The fourth-order valence-electron chi connectivity index (χ4n) is 2.57. The van der Waals surface area contributed by atoms with Crippen LogP contribution in [0, 0.1) is 5.92 Å². The van der Waals surface area contributed by atoms with Crippen LogP contribution in [0.1, 0.15) is 18.0 Å². The summed E-state index contributed by atoms with van der Waals surface area (Å²) in [5.41, 5.74) is 0.422. The van der Waals surface area contributed by atoms with Crippen molar-refractivity contribution in [1.29, 1.82) is 0 Å². The molecule has 1 fully saturated rings. The number of nitrogens with zero attached hydrogens (tertiary/aromatic N) is 1. The van der Waals surface area contributed by atoms with Gasteiger partial charge in [0.05, 0.1) is 20.1 Å². The largest absolute Gasteiger partial charge is 0.497 e. The Morgan fingerprint density at radius 1 is 1.36 bits per heavy atom. The van der Waals surface area contributed by atoms with E-state index in [1.54, 1.807) is 24.3 Å². The summed E-state index contributed by atoms with van der Waals surface area (Å²) in [5.74, 6) is -2.19. The van der Waals surface area contributed by atoms with Gasteiger partial charge >= 0.3 is 11.9 Å². The highest BCUT2D eigenvalue weighted by Gasteiger charge is 2.41. The number of likely N-dealkylation sites (tertiary alicyclic amines) is 1. The van der Waals surface area contributed by atoms with Crippen LogP contribution in [0.5, 0.6) is 5.75 Å². The van der Waals surface area contributed by atoms with Gasteiger partial charge in [-0.15, -0.1) is 0 Å². The third-order valence-electron chi connectivity index (χ3n) is 3.65. The zero-order valence-corrected chi connectivity index (χ0v) is 12.3. The molecule has 0 bridgehead atoms. The number of aliphatic carboxylic acids is 1. The number of esters is 1. The maximum Gasteiger partial charge on any atom is 0.331 e. The average Bonchev–Trinajstić information content (AvgIpc) is 2.88. The Labute approximate surface area is 127 Å². The van der Waals surface area contributed by atoms with Gasteiger partial charge in [0.25, 0.3) is 0 Å². The van der Waals surface area contributed by atoms with Gasteiger partial charge in [0.1, 0.15) is 5.75 Å². The summed E-state index contributed by atoms with van der Waals surface area (Å²) >= 11 is 0. The molecule has 1 aliphatic heterocycles. The smallest absolute Gasteiger partial charge is 0.331 e. The fraction of sp³-hybridized carbons (Fsp3) is 0.400. The van der Waals surface area contributed by atoms with Gasteiger partial charge in [-0.05, 0) is 17.7 Å². The van der Waals surface area contributed by atoms with Crippen molar-refractivity contribution in [1.82, 2.24) is 4.90 Å². The molecule has 2 atom stereocenters. The van der Waals surface area contributed by atoms with Gasteiger partial charge in [0.15, 0.2) is 6.04 Å². The lowest BCUT2D eigenvalue weighted by molar-refractivity contribution is -0.149. The molecule has 7 heteroatoms. The van der Waals surface area contributed by atoms with Crippen LogP contribution in [0.2, 0.25) is 0 Å². The van der Waals surface area contributed by atoms with Crippen LogP contribution >= 0.6 is 0 Å². The van der Waals surface area contributed by atoms with E-state index in [0.717, 1.165) is 0 Å². The van der Waals surface area contributed by atoms with Crippen LogP contribution in [-0.4, -0.2) is 48.6 Å². The van der Waals surface area contributed by atoms with Crippen molar-refractivity contribution in [2.45, 2.75) is 12.5 Å². The van der Waals surface area contributed by atoms with Crippen molar-refractivity contribution in [3.05, 3.63) is 29.8 Å². The molecule has 1 heterocycles. The number of methoxy groups -OCH3 is 2. The minimum atomic E-state index is -1.16. The first-order valence-electron chi connectivity index (χ1n) is 6.72. The Morgan fingerprint density at radius 2 is 2.09 bits per heavy atom. The summed E-state index contributed by atoms with van der Waals surface area (Å²) in [5, 5.41) is 9.50. The molecule has 1 amide bonds. The quantitative estimate of drug-likeness (QED) is 0.810. The Morgan fingerprint density at radius 3 is 2.68 bits per heavy atom. The van der Waals surface area contributed by atoms with Gasteiger partial charge in [0, 0.05) is 13.0 Å². The Bertz CT molecular complexity index is 599. The summed E-state index contributed by atoms with van der Waals surface area (Å²) in [4.78, 5) is 36.5. The second kappa shape index (κ2) is 6.46. The Hall–Kier alpha value is -2.57. The van der Waals surface area contributed by atoms with E-state index >= 15 is 0 Å². The van der Waals surface area contributed by atoms with Crippen molar-refractivity contribution in [2.75, 3.05) is 20.8 Å². The van der Waals surface area contributed by atoms with Gasteiger partial charge < -0.3 is 19.5 Å². The standard InChI is InChI=1S/C15H17NO6/c1-21-11-5-3-4-9(6-11)13(14(18)19)16-8-10(7-12(16)17)15(20)22-2/h3-6,10,13H,7-8H2,1-2H3,(H,18,19). The summed E-state index contributed by atoms with van der Waals surface area (Å²) in [7, 11) is 2.72. The predicted octanol–water partition coefficient (Wildman–Crippen LogP) is 0.842. The molecule has 2 unspecified atom stereocenters. The minimum Gasteiger partial charge on any atom is -0.497 e. The molecule has 1 aromatic rings. The second-order valence-electron chi connectivity index (χ2n) is 4.99. The highest BCUT2D eigenvalue weighted by Crippen LogP contribution is 2.31. The summed E-state index contributed by atoms with van der Waals surface area (Å²) in [6, 6.07) is 5.36. The van der Waals surface area contributed by atoms with Crippen LogP contribution in [0.3, 0.4) is 0 Å². The first kappa shape index (κ1) is 15.8. The highest BCUT2D eigenvalue weighted by atomic mass is 16.5. The maximum atomic E-state index is 12.1. The molecule has 0 aliphatic carbocycles. The van der Waals surface area contributed by atoms with Gasteiger partial charge in [0.2, 0.25) is 5.91 Å². The second-order valence-corrected chi connectivity index (χ2v) is 4.99. The van der Waals surface area contributed by atoms with Gasteiger partial charge in [-0.1, -0.05) is 12.1 Å². The lowest BCUT2D eigenvalue weighted by atomic mass is 10.1. The Kier molecular flexibility index (Phi) is 4.65. The maximum absolute atomic E-state index is 12.1. The van der Waals surface area contributed by atoms with Crippen LogP contribution in [0.4, 0.5) is 0 Å². The van der Waals surface area contributed by atoms with Crippen molar-refractivity contribution in [3.8, 4) is 5.75 Å². The lowest BCUT2D eigenvalue weighted by Crippen LogP contribution is -2.36. The SMILES string of the molecule is COC(=O)C1CC(=O)N(C(C(=O)O)c2cccc(OC)c2)C1. The van der Waals surface area contributed by atoms with E-state index < -0.39 is 23.9 Å². The van der Waals surface area contributed by atoms with Crippen molar-refractivity contribution < 1.29 is 29.0 Å². The molecule has 1 aromatic carbocycles. The number of carboxylic acid groups (broad SMARTS) is 1. The molecule has 0 saturated carbocycles. The van der Waals surface area contributed by atoms with E-state index in [1.807, 2.05) is 0 Å². The van der Waals surface area contributed by atoms with Crippen molar-refractivity contribution in [2.24, 2.45) is 5.92 Å². The minimum absolute atomic E-state index is 0.0275. The van der Waals surface area contributed by atoms with Crippen LogP contribution in [0.25, 0.3) is 0 Å². The molecule has 0 spiro atoms. The molecule has 1 aliphatic rings. The van der Waals surface area contributed by atoms with Gasteiger partial charge in [-0.2, -0.15) is 0 Å². The number of hydrogen-bond acceptors (Lipinski definition) is 5. The first-order chi connectivity index (χ1) is 10.5. The molecule has 2 rings (SSSR count). The van der Waals surface area contributed by atoms with Crippen molar-refractivity contribution >= 4 is 17.8 Å². The molecule has 1 saturated heterocycles. The molecule has 0 radical (unpaired) electrons. The number of benzene rings is 1. The van der Waals surface area contributed by atoms with Crippen molar-refractivity contribution in [3.63, 3.8) is 0 Å². The molecular weight excluding hydrogens is 290 g/mol. The van der Waals surface area contributed by atoms with Crippen LogP contribution in [0.15, 0.2) is 24.3 Å². The monoisotopic (exact) mass is 307 g/mol. The zero-order valence-electron chi connectivity index (χ0n) is 12.3. The van der Waals surface area contributed by atoms with Crippen LogP contribution in [-0.2, 0) is 19.1 Å². The predicted molar refractivity (Wildman–Crippen MR) is 75.2 cm³/mol. The van der Waals surface area contributed by atoms with E-state index in [-0.39, 0.29) is 18.9 Å². The van der Waals surface area contributed by atoms with E-state index in [4.69, 9.17) is 4.74 Å². The van der Waals surface area contributed by atoms with Crippen LogP contribution < -0.4 is 4.74 Å². The fourth-order valence-corrected chi connectivity index (χ4v) is 2.57. The van der Waals surface area contributed by atoms with E-state index in [0.29, 0.717) is 11.3 Å². The van der Waals surface area contributed by atoms with Gasteiger partial charge in [-0.3, -0.25) is 9.59 Å². The third kappa shape index (κ3) is 3.03. The lowest BCUT2D eigenvalue weighted by Gasteiger charge is -2.25. The Balaban J connectivity index is 2.30. The molecule has 7 nitrogen and oxygen atoms in total. The number of carboxylic acids is 1.